The Labute approximate surface area is 237 Å². The summed E-state index contributed by atoms with van der Waals surface area (Å²) < 4.78 is 4.80. The average Bonchev–Trinajstić information content (AvgIpc) is 3.60. The molecular weight excluding hydrogens is 534 g/mol. The lowest BCUT2D eigenvalue weighted by Crippen LogP contribution is -2.62. The van der Waals surface area contributed by atoms with Crippen molar-refractivity contribution in [1.82, 2.24) is 25.8 Å². The number of hydrogen-bond acceptors (Lipinski definition) is 7. The fraction of sp³-hybridized carbons (Fsp3) is 0.571. The number of benzene rings is 1. The molecule has 3 saturated heterocycles. The van der Waals surface area contributed by atoms with Crippen molar-refractivity contribution >= 4 is 35.7 Å². The predicted octanol–water partition coefficient (Wildman–Crippen LogP) is 0.377. The highest BCUT2D eigenvalue weighted by Crippen LogP contribution is 2.23. The molecule has 0 aromatic heterocycles. The highest BCUT2D eigenvalue weighted by Gasteiger charge is 2.44. The van der Waals surface area contributed by atoms with Crippen molar-refractivity contribution in [1.29, 1.82) is 0 Å². The van der Waals surface area contributed by atoms with Gasteiger partial charge in [-0.1, -0.05) is 44.2 Å². The lowest BCUT2D eigenvalue weighted by Gasteiger charge is -2.33. The molecule has 3 aliphatic rings. The molecule has 0 bridgehead atoms. The predicted molar refractivity (Wildman–Crippen MR) is 144 cm³/mol. The van der Waals surface area contributed by atoms with Crippen LogP contribution in [0.25, 0.3) is 0 Å². The van der Waals surface area contributed by atoms with E-state index < -0.39 is 66.1 Å². The molecule has 0 saturated carbocycles. The second-order valence-corrected chi connectivity index (χ2v) is 11.1. The van der Waals surface area contributed by atoms with E-state index in [0.717, 1.165) is 5.56 Å². The number of likely N-dealkylation sites (tertiary alicyclic amines) is 2. The van der Waals surface area contributed by atoms with Crippen LogP contribution in [-0.2, 0) is 35.1 Å². The van der Waals surface area contributed by atoms with Gasteiger partial charge in [-0.3, -0.25) is 24.5 Å². The van der Waals surface area contributed by atoms with Crippen LogP contribution < -0.4 is 16.0 Å². The molecule has 3 aliphatic heterocycles. The van der Waals surface area contributed by atoms with Crippen LogP contribution in [0.2, 0.25) is 0 Å². The van der Waals surface area contributed by atoms with Gasteiger partial charge in [0, 0.05) is 19.5 Å². The van der Waals surface area contributed by atoms with Crippen LogP contribution in [0.3, 0.4) is 0 Å². The van der Waals surface area contributed by atoms with Gasteiger partial charge >= 0.3 is 12.1 Å². The molecule has 1 aromatic rings. The van der Waals surface area contributed by atoms with Crippen LogP contribution in [0.5, 0.6) is 0 Å². The van der Waals surface area contributed by atoms with E-state index in [9.17, 15) is 33.9 Å². The van der Waals surface area contributed by atoms with E-state index in [-0.39, 0.29) is 25.3 Å². The number of aliphatic carboxylic acids is 1. The second kappa shape index (κ2) is 13.0. The van der Waals surface area contributed by atoms with Crippen molar-refractivity contribution in [2.45, 2.75) is 82.8 Å². The lowest BCUT2D eigenvalue weighted by atomic mass is 10.0. The van der Waals surface area contributed by atoms with Crippen molar-refractivity contribution in [2.24, 2.45) is 5.92 Å². The smallest absolute Gasteiger partial charge is 0.412 e. The van der Waals surface area contributed by atoms with Crippen molar-refractivity contribution in [3.8, 4) is 0 Å². The second-order valence-electron chi connectivity index (χ2n) is 11.1. The minimum Gasteiger partial charge on any atom is -0.480 e. The highest BCUT2D eigenvalue weighted by atomic mass is 16.6. The van der Waals surface area contributed by atoms with Crippen LogP contribution in [0.15, 0.2) is 30.3 Å². The highest BCUT2D eigenvalue weighted by molar-refractivity contribution is 5.97. The molecule has 222 valence electrons. The van der Waals surface area contributed by atoms with E-state index >= 15 is 0 Å². The first kappa shape index (κ1) is 29.8. The normalized spacial score (nSPS) is 23.2. The standard InChI is InChI=1S/C28H37N5O8/c1-16(2)14-19(27(38)39)30-23(35)20-10-6-12-32(20)25(36)18(15-17-8-4-3-5-9-17)29-22(34)21-11-7-13-33(21)26(37)24-31-28(40)41-24/h3-5,8-9,16,18-21,24H,6-7,10-15H2,1-2H3,(H,29,34)(H,30,35)(H,31,40)(H,38,39)/t18-,19-,20-,21-,24?/m0/s1. The number of carboxylic acids is 1. The Morgan fingerprint density at radius 2 is 1.51 bits per heavy atom. The monoisotopic (exact) mass is 571 g/mol. The third-order valence-corrected chi connectivity index (χ3v) is 7.59. The number of rotatable bonds is 11. The Hall–Kier alpha value is -4.16. The van der Waals surface area contributed by atoms with Crippen molar-refractivity contribution in [2.75, 3.05) is 13.1 Å². The van der Waals surface area contributed by atoms with E-state index in [2.05, 4.69) is 16.0 Å². The molecule has 4 rings (SSSR count). The molecule has 0 radical (unpaired) electrons. The molecule has 5 atom stereocenters. The van der Waals surface area contributed by atoms with E-state index in [1.807, 2.05) is 44.2 Å². The fourth-order valence-corrected chi connectivity index (χ4v) is 5.57. The summed E-state index contributed by atoms with van der Waals surface area (Å²) in [5, 5.41) is 17.3. The zero-order chi connectivity index (χ0) is 29.7. The number of amides is 5. The molecule has 3 fully saturated rings. The molecule has 3 heterocycles. The van der Waals surface area contributed by atoms with Gasteiger partial charge in [-0.25, -0.2) is 9.59 Å². The lowest BCUT2D eigenvalue weighted by molar-refractivity contribution is -0.151. The molecule has 0 spiro atoms. The van der Waals surface area contributed by atoms with Gasteiger partial charge in [0.05, 0.1) is 0 Å². The van der Waals surface area contributed by atoms with Crippen LogP contribution in [0.4, 0.5) is 4.79 Å². The Kier molecular flexibility index (Phi) is 9.46. The summed E-state index contributed by atoms with van der Waals surface area (Å²) in [5.41, 5.74) is 0.791. The Morgan fingerprint density at radius 1 is 0.951 bits per heavy atom. The number of hydrogen-bond donors (Lipinski definition) is 4. The molecular formula is C28H37N5O8. The number of nitrogens with one attached hydrogen (secondary N) is 3. The summed E-state index contributed by atoms with van der Waals surface area (Å²) in [6.07, 6.45) is 0.436. The number of cyclic esters (lactones) is 1. The molecule has 0 aliphatic carbocycles. The summed E-state index contributed by atoms with van der Waals surface area (Å²) in [6.45, 7) is 4.31. The van der Waals surface area contributed by atoms with Crippen LogP contribution in [0, 0.1) is 5.92 Å². The summed E-state index contributed by atoms with van der Waals surface area (Å²) >= 11 is 0. The molecule has 41 heavy (non-hydrogen) atoms. The maximum Gasteiger partial charge on any atom is 0.412 e. The Balaban J connectivity index is 1.49. The number of carboxylic acid groups (broad SMARTS) is 1. The van der Waals surface area contributed by atoms with Gasteiger partial charge in [0.1, 0.15) is 24.2 Å². The summed E-state index contributed by atoms with van der Waals surface area (Å²) in [4.78, 5) is 78.9. The minimum absolute atomic E-state index is 0.0392. The first-order chi connectivity index (χ1) is 19.5. The van der Waals surface area contributed by atoms with Crippen LogP contribution in [0.1, 0.15) is 51.5 Å². The fourth-order valence-electron chi connectivity index (χ4n) is 5.57. The summed E-state index contributed by atoms with van der Waals surface area (Å²) in [7, 11) is 0. The number of carbonyl (C=O) groups is 6. The zero-order valence-corrected chi connectivity index (χ0v) is 23.2. The van der Waals surface area contributed by atoms with E-state index in [1.54, 1.807) is 0 Å². The topological polar surface area (TPSA) is 174 Å². The van der Waals surface area contributed by atoms with Gasteiger partial charge in [0.25, 0.3) is 12.1 Å². The van der Waals surface area contributed by atoms with Gasteiger partial charge in [0.2, 0.25) is 17.7 Å². The molecule has 4 N–H and O–H groups in total. The Bertz CT molecular complexity index is 1170. The zero-order valence-electron chi connectivity index (χ0n) is 23.2. The van der Waals surface area contributed by atoms with Crippen molar-refractivity contribution in [3.63, 3.8) is 0 Å². The van der Waals surface area contributed by atoms with E-state index in [0.29, 0.717) is 32.2 Å². The minimum atomic E-state index is -1.14. The molecule has 1 aromatic carbocycles. The van der Waals surface area contributed by atoms with Crippen molar-refractivity contribution in [3.05, 3.63) is 35.9 Å². The summed E-state index contributed by atoms with van der Waals surface area (Å²) in [6, 6.07) is 5.30. The van der Waals surface area contributed by atoms with Crippen molar-refractivity contribution < 1.29 is 38.6 Å². The molecule has 13 nitrogen and oxygen atoms in total. The number of carbonyl (C=O) groups excluding carboxylic acids is 5. The van der Waals surface area contributed by atoms with E-state index in [1.165, 1.54) is 9.80 Å². The van der Waals surface area contributed by atoms with Crippen LogP contribution >= 0.6 is 0 Å². The van der Waals surface area contributed by atoms with Gasteiger partial charge in [0.15, 0.2) is 0 Å². The number of ether oxygens (including phenoxy) is 1. The third-order valence-electron chi connectivity index (χ3n) is 7.59. The molecule has 5 amide bonds. The van der Waals surface area contributed by atoms with Gasteiger partial charge in [-0.15, -0.1) is 0 Å². The third kappa shape index (κ3) is 7.14. The average molecular weight is 572 g/mol. The molecule has 1 unspecified atom stereocenters. The first-order valence-corrected chi connectivity index (χ1v) is 14.0. The largest absolute Gasteiger partial charge is 0.480 e. The summed E-state index contributed by atoms with van der Waals surface area (Å²) in [5.74, 6) is -3.14. The molecule has 13 heteroatoms. The van der Waals surface area contributed by atoms with Gasteiger partial charge < -0.3 is 30.3 Å². The number of nitrogens with zero attached hydrogens (tertiary/aromatic N) is 2. The maximum atomic E-state index is 13.9. The first-order valence-electron chi connectivity index (χ1n) is 14.0. The van der Waals surface area contributed by atoms with Gasteiger partial charge in [-0.05, 0) is 43.6 Å². The Morgan fingerprint density at radius 3 is 2.07 bits per heavy atom. The van der Waals surface area contributed by atoms with Crippen LogP contribution in [-0.4, -0.2) is 94.1 Å². The maximum absolute atomic E-state index is 13.9. The quantitative estimate of drug-likeness (QED) is 0.295. The SMILES string of the molecule is CC(C)C[C@H](NC(=O)[C@@H]1CCCN1C(=O)[C@H](Cc1ccccc1)NC(=O)[C@@H]1CCCN1C(=O)C1NC(=O)O1)C(=O)O. The van der Waals surface area contributed by atoms with E-state index in [4.69, 9.17) is 4.74 Å². The van der Waals surface area contributed by atoms with Gasteiger partial charge in [-0.2, -0.15) is 0 Å².